The highest BCUT2D eigenvalue weighted by atomic mass is 128. The third kappa shape index (κ3) is 10.8. The summed E-state index contributed by atoms with van der Waals surface area (Å²) in [5.41, 5.74) is 0.952. The van der Waals surface area contributed by atoms with E-state index in [0.29, 0.717) is 0 Å². The van der Waals surface area contributed by atoms with Gasteiger partial charge in [-0.15, -0.1) is 0 Å². The van der Waals surface area contributed by atoms with Crippen molar-refractivity contribution in [1.29, 1.82) is 0 Å². The molecule has 1 heterocycles. The molecular weight excluding hydrogens is 708 g/mol. The molecule has 1 aromatic carbocycles. The van der Waals surface area contributed by atoms with Gasteiger partial charge in [0.15, 0.2) is 0 Å². The van der Waals surface area contributed by atoms with Crippen LogP contribution in [-0.2, 0) is 27.3 Å². The summed E-state index contributed by atoms with van der Waals surface area (Å²) in [5, 5.41) is 3.12. The molecule has 214 valence electrons. The van der Waals surface area contributed by atoms with Crippen LogP contribution >= 0.6 is 37.2 Å². The van der Waals surface area contributed by atoms with Crippen LogP contribution in [0.1, 0.15) is 73.6 Å². The third-order valence-electron chi connectivity index (χ3n) is 6.85. The van der Waals surface area contributed by atoms with Crippen LogP contribution in [0.15, 0.2) is 42.9 Å². The molecule has 8 nitrogen and oxygen atoms in total. The normalized spacial score (nSPS) is 12.5. The molecule has 0 aliphatic heterocycles. The molecule has 1 aromatic heterocycles. The lowest BCUT2D eigenvalue weighted by molar-refractivity contribution is -0.149. The average Bonchev–Trinajstić information content (AvgIpc) is 3.40. The molecular formula is C28H45I2N5O3. The zero-order valence-corrected chi connectivity index (χ0v) is 28.7. The number of likely N-dealkylation sites (N-methyl/N-ethyl adjacent to an activating group) is 1. The smallest absolute Gasteiger partial charge is 0.246 e. The van der Waals surface area contributed by atoms with Gasteiger partial charge in [-0.2, -0.15) is 0 Å². The molecule has 2 rings (SSSR count). The van der Waals surface area contributed by atoms with Crippen molar-refractivity contribution in [1.82, 2.24) is 25.1 Å². The van der Waals surface area contributed by atoms with Crippen LogP contribution in [-0.4, -0.2) is 62.2 Å². The van der Waals surface area contributed by atoms with Gasteiger partial charge in [0.25, 0.3) is 0 Å². The van der Waals surface area contributed by atoms with Crippen molar-refractivity contribution >= 4 is 55.0 Å². The van der Waals surface area contributed by atoms with Gasteiger partial charge < -0.3 is 20.1 Å². The van der Waals surface area contributed by atoms with Gasteiger partial charge in [0.2, 0.25) is 17.7 Å². The average molecular weight is 754 g/mol. The Labute approximate surface area is 252 Å². The van der Waals surface area contributed by atoms with Crippen LogP contribution in [0.5, 0.6) is 0 Å². The van der Waals surface area contributed by atoms with E-state index in [1.165, 1.54) is 18.2 Å². The molecule has 0 fully saturated rings. The van der Waals surface area contributed by atoms with Crippen LogP contribution in [0.4, 0.5) is 0 Å². The maximum atomic E-state index is 13.9. The minimum atomic E-state index is -0.785. The number of benzene rings is 1. The minimum Gasteiger partial charge on any atom is -0.349 e. The van der Waals surface area contributed by atoms with Crippen LogP contribution < -0.4 is 5.32 Å². The molecule has 3 amide bonds. The number of hydrogen-bond acceptors (Lipinski definition) is 4. The Balaban J connectivity index is 0.00000326. The Bertz CT molecular complexity index is 976. The molecule has 0 saturated carbocycles. The van der Waals surface area contributed by atoms with Gasteiger partial charge in [0.05, 0.1) is 6.33 Å². The molecule has 38 heavy (non-hydrogen) atoms. The molecule has 0 aliphatic carbocycles. The zero-order valence-electron chi connectivity index (χ0n) is 24.4. The fourth-order valence-electron chi connectivity index (χ4n) is 3.33. The first kappa shape index (κ1) is 36.3. The first-order chi connectivity index (χ1) is 17.7. The topological polar surface area (TPSA) is 98.4 Å². The highest BCUT2D eigenvalue weighted by molar-refractivity contribution is 15.0. The van der Waals surface area contributed by atoms with Crippen LogP contribution in [0.2, 0.25) is 0 Å². The van der Waals surface area contributed by atoms with E-state index >= 15 is 0 Å². The fourth-order valence-corrected chi connectivity index (χ4v) is 3.33. The van der Waals surface area contributed by atoms with E-state index in [0.717, 1.165) is 11.3 Å². The second-order valence-electron chi connectivity index (χ2n) is 10.4. The molecule has 0 saturated heterocycles. The maximum absolute atomic E-state index is 13.9. The predicted molar refractivity (Wildman–Crippen MR) is 172 cm³/mol. The van der Waals surface area contributed by atoms with Crippen molar-refractivity contribution < 1.29 is 14.4 Å². The number of aromatic amines is 1. The monoisotopic (exact) mass is 753 g/mol. The fraction of sp³-hybridized carbons (Fsp3) is 0.571. The summed E-state index contributed by atoms with van der Waals surface area (Å²) in [7, 11) is 1.61. The van der Waals surface area contributed by atoms with Crippen LogP contribution in [0.3, 0.4) is 0 Å². The van der Waals surface area contributed by atoms with E-state index in [9.17, 15) is 14.4 Å². The Morgan fingerprint density at radius 1 is 1.05 bits per heavy atom. The molecule has 2 unspecified atom stereocenters. The molecule has 0 radical (unpaired) electrons. The second-order valence-corrected chi connectivity index (χ2v) is 10.4. The van der Waals surface area contributed by atoms with Crippen LogP contribution in [0, 0.1) is 5.41 Å². The largest absolute Gasteiger partial charge is 0.349 e. The summed E-state index contributed by atoms with van der Waals surface area (Å²) in [6.07, 6.45) is 3.44. The molecule has 2 N–H and O–H groups in total. The molecule has 0 bridgehead atoms. The summed E-state index contributed by atoms with van der Waals surface area (Å²) in [4.78, 5) is 49.6. The predicted octanol–water partition coefficient (Wildman–Crippen LogP) is 5.95. The minimum absolute atomic E-state index is 0.186. The Morgan fingerprint density at radius 3 is 2.05 bits per heavy atom. The van der Waals surface area contributed by atoms with E-state index in [4.69, 9.17) is 0 Å². The highest BCUT2D eigenvalue weighted by Gasteiger charge is 2.39. The van der Waals surface area contributed by atoms with Crippen molar-refractivity contribution in [3.8, 4) is 0 Å². The summed E-state index contributed by atoms with van der Waals surface area (Å²) in [6.45, 7) is 17.5. The van der Waals surface area contributed by atoms with Gasteiger partial charge in [0.1, 0.15) is 12.1 Å². The number of carbonyl (C=O) groups excluding carboxylic acids is 3. The van der Waals surface area contributed by atoms with Gasteiger partial charge >= 0.3 is 0 Å². The van der Waals surface area contributed by atoms with Gasteiger partial charge in [-0.05, 0) is 31.7 Å². The van der Waals surface area contributed by atoms with Gasteiger partial charge in [0, 0.05) is 81.6 Å². The van der Waals surface area contributed by atoms with Gasteiger partial charge in [-0.3, -0.25) is 14.4 Å². The highest BCUT2D eigenvalue weighted by Crippen LogP contribution is 2.29. The van der Waals surface area contributed by atoms with Crippen LogP contribution in [0.25, 0.3) is 0 Å². The Morgan fingerprint density at radius 2 is 1.61 bits per heavy atom. The number of nitrogens with one attached hydrogen (secondary N) is 2. The number of amides is 3. The number of nitrogens with zero attached hydrogens (tertiary/aromatic N) is 3. The third-order valence-corrected chi connectivity index (χ3v) is 6.85. The second kappa shape index (κ2) is 17.1. The first-order valence-corrected chi connectivity index (χ1v) is 19.0. The van der Waals surface area contributed by atoms with E-state index in [1.807, 2.05) is 58.0 Å². The van der Waals surface area contributed by atoms with E-state index in [2.05, 4.69) is 73.3 Å². The van der Waals surface area contributed by atoms with Crippen molar-refractivity contribution in [3.05, 3.63) is 54.1 Å². The summed E-state index contributed by atoms with van der Waals surface area (Å²) < 4.78 is 0. The first-order valence-electron chi connectivity index (χ1n) is 12.8. The number of H-pyrrole nitrogens is 1. The number of carbonyl (C=O) groups is 3. The summed E-state index contributed by atoms with van der Waals surface area (Å²) >= 11 is 4.24. The lowest BCUT2D eigenvalue weighted by Crippen LogP contribution is -2.60. The summed E-state index contributed by atoms with van der Waals surface area (Å²) in [6, 6.07) is 8.00. The summed E-state index contributed by atoms with van der Waals surface area (Å²) in [5.74, 6) is -0.772. The Hall–Kier alpha value is -1.70. The quantitative estimate of drug-likeness (QED) is 0.310. The lowest BCUT2D eigenvalue weighted by Gasteiger charge is -2.42. The molecule has 0 aliphatic rings. The molecule has 10 heteroatoms. The zero-order chi connectivity index (χ0) is 29.7. The van der Waals surface area contributed by atoms with E-state index < -0.39 is 17.6 Å². The van der Waals surface area contributed by atoms with Crippen molar-refractivity contribution in [2.75, 3.05) is 7.05 Å². The molecule has 0 spiro atoms. The van der Waals surface area contributed by atoms with E-state index in [-0.39, 0.29) is 36.1 Å². The number of aromatic nitrogens is 2. The van der Waals surface area contributed by atoms with Crippen molar-refractivity contribution in [2.24, 2.45) is 5.41 Å². The number of imidazole rings is 1. The van der Waals surface area contributed by atoms with E-state index in [1.54, 1.807) is 25.1 Å². The lowest BCUT2D eigenvalue weighted by atomic mass is 9.76. The van der Waals surface area contributed by atoms with Crippen molar-refractivity contribution in [2.45, 2.75) is 92.9 Å². The SMILES string of the molecule is CC.CC(=O)N(C)C(Cc1cnc[nH]1)C(=O)N(Cc1ccccc1)C(C)C(=O)NC(C)(C)C(C)(C)C.II. The number of rotatable bonds is 9. The molecule has 2 aromatic rings. The maximum Gasteiger partial charge on any atom is 0.246 e. The van der Waals surface area contributed by atoms with Crippen molar-refractivity contribution in [3.63, 3.8) is 0 Å². The Kier molecular flexibility index (Phi) is 16.3. The standard InChI is InChI=1S/C26H39N5O3.C2H6.I2/c1-18(23(33)29-26(6,7)25(3,4)5)31(16-20-12-10-9-11-13-20)24(34)22(30(8)19(2)32)14-21-15-27-17-28-21;2*1-2/h9-13,15,17-18,22H,14,16H2,1-8H3,(H,27,28)(H,29,33);1-2H3;. The number of halogens is 2. The van der Waals surface area contributed by atoms with Gasteiger partial charge in [-0.1, -0.05) is 65.0 Å². The molecule has 2 atom stereocenters. The van der Waals surface area contributed by atoms with Gasteiger partial charge in [-0.25, -0.2) is 4.98 Å². The number of hydrogen-bond donors (Lipinski definition) is 2.